The SMILES string of the molecule is CC[C@@H](C)NC(=O)[C@@H](C)N(Cc1ccccc1)C(=O)CN(c1ccc(C)cc1)S(=O)(=O)c1ccc(F)cc1. The molecule has 0 fully saturated rings. The number of sulfonamides is 1. The van der Waals surface area contributed by atoms with Gasteiger partial charge in [-0.1, -0.05) is 55.0 Å². The Kier molecular flexibility index (Phi) is 9.63. The van der Waals surface area contributed by atoms with E-state index in [0.29, 0.717) is 0 Å². The van der Waals surface area contributed by atoms with E-state index < -0.39 is 34.3 Å². The van der Waals surface area contributed by atoms with Crippen molar-refractivity contribution in [2.75, 3.05) is 10.8 Å². The van der Waals surface area contributed by atoms with E-state index in [1.54, 1.807) is 31.2 Å². The second kappa shape index (κ2) is 12.7. The van der Waals surface area contributed by atoms with Gasteiger partial charge in [0.1, 0.15) is 18.4 Å². The zero-order chi connectivity index (χ0) is 27.9. The van der Waals surface area contributed by atoms with Gasteiger partial charge in [-0.2, -0.15) is 0 Å². The molecule has 0 unspecified atom stereocenters. The molecule has 2 atom stereocenters. The molecule has 0 bridgehead atoms. The number of benzene rings is 3. The third-order valence-electron chi connectivity index (χ3n) is 6.37. The van der Waals surface area contributed by atoms with Gasteiger partial charge >= 0.3 is 0 Å². The summed E-state index contributed by atoms with van der Waals surface area (Å²) >= 11 is 0. The highest BCUT2D eigenvalue weighted by atomic mass is 32.2. The smallest absolute Gasteiger partial charge is 0.264 e. The summed E-state index contributed by atoms with van der Waals surface area (Å²) in [7, 11) is -4.24. The normalized spacial score (nSPS) is 12.9. The fourth-order valence-electron chi connectivity index (χ4n) is 3.80. The summed E-state index contributed by atoms with van der Waals surface area (Å²) in [6, 6.07) is 19.4. The van der Waals surface area contributed by atoms with Gasteiger partial charge in [-0.3, -0.25) is 13.9 Å². The molecule has 0 aliphatic heterocycles. The molecule has 3 aromatic rings. The number of rotatable bonds is 11. The lowest BCUT2D eigenvalue weighted by Gasteiger charge is -2.32. The van der Waals surface area contributed by atoms with Crippen LogP contribution in [0, 0.1) is 12.7 Å². The minimum Gasteiger partial charge on any atom is -0.352 e. The van der Waals surface area contributed by atoms with Gasteiger partial charge in [-0.05, 0) is 69.2 Å². The van der Waals surface area contributed by atoms with Gasteiger partial charge in [0.25, 0.3) is 10.0 Å². The van der Waals surface area contributed by atoms with E-state index in [1.807, 2.05) is 51.1 Å². The van der Waals surface area contributed by atoms with E-state index in [-0.39, 0.29) is 29.1 Å². The zero-order valence-electron chi connectivity index (χ0n) is 22.1. The fourth-order valence-corrected chi connectivity index (χ4v) is 5.22. The Balaban J connectivity index is 2.00. The summed E-state index contributed by atoms with van der Waals surface area (Å²) in [5, 5.41) is 2.90. The van der Waals surface area contributed by atoms with Crippen LogP contribution in [0.25, 0.3) is 0 Å². The number of aryl methyl sites for hydroxylation is 1. The molecule has 0 aliphatic rings. The lowest BCUT2D eigenvalue weighted by molar-refractivity contribution is -0.139. The van der Waals surface area contributed by atoms with Crippen molar-refractivity contribution in [1.29, 1.82) is 0 Å². The van der Waals surface area contributed by atoms with Crippen molar-refractivity contribution >= 4 is 27.5 Å². The fraction of sp³-hybridized carbons (Fsp3) is 0.310. The van der Waals surface area contributed by atoms with E-state index in [2.05, 4.69) is 5.32 Å². The molecule has 0 saturated carbocycles. The second-order valence-electron chi connectivity index (χ2n) is 9.30. The van der Waals surface area contributed by atoms with Gasteiger partial charge in [-0.15, -0.1) is 0 Å². The number of anilines is 1. The number of nitrogens with zero attached hydrogens (tertiary/aromatic N) is 2. The molecule has 3 rings (SSSR count). The van der Waals surface area contributed by atoms with E-state index in [4.69, 9.17) is 0 Å². The summed E-state index contributed by atoms with van der Waals surface area (Å²) < 4.78 is 41.9. The molecular formula is C29H34FN3O4S. The maximum Gasteiger partial charge on any atom is 0.264 e. The minimum atomic E-state index is -4.24. The summed E-state index contributed by atoms with van der Waals surface area (Å²) in [5.41, 5.74) is 2.00. The van der Waals surface area contributed by atoms with Gasteiger partial charge in [0.2, 0.25) is 11.8 Å². The molecule has 2 amide bonds. The second-order valence-corrected chi connectivity index (χ2v) is 11.2. The van der Waals surface area contributed by atoms with Crippen LogP contribution in [0.1, 0.15) is 38.3 Å². The van der Waals surface area contributed by atoms with Crippen LogP contribution in [-0.4, -0.2) is 43.8 Å². The van der Waals surface area contributed by atoms with Crippen molar-refractivity contribution in [2.24, 2.45) is 0 Å². The minimum absolute atomic E-state index is 0.0819. The molecular weight excluding hydrogens is 505 g/mol. The van der Waals surface area contributed by atoms with Crippen molar-refractivity contribution in [3.05, 3.63) is 95.8 Å². The third kappa shape index (κ3) is 7.19. The lowest BCUT2D eigenvalue weighted by Crippen LogP contribution is -2.52. The Morgan fingerprint density at radius 3 is 2.11 bits per heavy atom. The average molecular weight is 540 g/mol. The van der Waals surface area contributed by atoms with Crippen molar-refractivity contribution in [3.8, 4) is 0 Å². The Hall–Kier alpha value is -3.72. The van der Waals surface area contributed by atoms with Gasteiger partial charge < -0.3 is 10.2 Å². The molecule has 0 aromatic heterocycles. The average Bonchev–Trinajstić information content (AvgIpc) is 2.91. The maximum absolute atomic E-state index is 13.8. The monoisotopic (exact) mass is 539 g/mol. The number of carbonyl (C=O) groups excluding carboxylic acids is 2. The van der Waals surface area contributed by atoms with Crippen LogP contribution >= 0.6 is 0 Å². The molecule has 202 valence electrons. The van der Waals surface area contributed by atoms with Crippen molar-refractivity contribution < 1.29 is 22.4 Å². The van der Waals surface area contributed by atoms with Crippen molar-refractivity contribution in [1.82, 2.24) is 10.2 Å². The van der Waals surface area contributed by atoms with Crippen LogP contribution in [0.3, 0.4) is 0 Å². The number of amides is 2. The first-order chi connectivity index (χ1) is 18.0. The predicted molar refractivity (Wildman–Crippen MR) is 146 cm³/mol. The summed E-state index contributed by atoms with van der Waals surface area (Å²) in [6.07, 6.45) is 0.724. The van der Waals surface area contributed by atoms with E-state index >= 15 is 0 Å². The Labute approximate surface area is 224 Å². The molecule has 9 heteroatoms. The molecule has 0 aliphatic carbocycles. The van der Waals surface area contributed by atoms with Gasteiger partial charge in [0.15, 0.2) is 0 Å². The van der Waals surface area contributed by atoms with Gasteiger partial charge in [-0.25, -0.2) is 12.8 Å². The molecule has 1 N–H and O–H groups in total. The quantitative estimate of drug-likeness (QED) is 0.384. The first kappa shape index (κ1) is 28.8. The largest absolute Gasteiger partial charge is 0.352 e. The molecule has 0 radical (unpaired) electrons. The molecule has 7 nitrogen and oxygen atoms in total. The maximum atomic E-state index is 13.8. The van der Waals surface area contributed by atoms with Crippen LogP contribution in [0.15, 0.2) is 83.8 Å². The first-order valence-corrected chi connectivity index (χ1v) is 14.0. The van der Waals surface area contributed by atoms with Crippen LogP contribution in [-0.2, 0) is 26.2 Å². The summed E-state index contributed by atoms with van der Waals surface area (Å²) in [6.45, 7) is 6.89. The Morgan fingerprint density at radius 1 is 0.921 bits per heavy atom. The van der Waals surface area contributed by atoms with Crippen LogP contribution in [0.5, 0.6) is 0 Å². The van der Waals surface area contributed by atoms with E-state index in [1.165, 1.54) is 17.0 Å². The first-order valence-electron chi connectivity index (χ1n) is 12.5. The van der Waals surface area contributed by atoms with Gasteiger partial charge in [0, 0.05) is 12.6 Å². The standard InChI is InChI=1S/C29H34FN3O4S/c1-5-22(3)31-29(35)23(4)32(19-24-9-7-6-8-10-24)28(34)20-33(26-15-11-21(2)12-16-26)38(36,37)27-17-13-25(30)14-18-27/h6-18,22-23H,5,19-20H2,1-4H3,(H,31,35)/t22-,23-/m1/s1. The van der Waals surface area contributed by atoms with Crippen molar-refractivity contribution in [2.45, 2.75) is 57.6 Å². The van der Waals surface area contributed by atoms with E-state index in [9.17, 15) is 22.4 Å². The van der Waals surface area contributed by atoms with Crippen LogP contribution < -0.4 is 9.62 Å². The molecule has 38 heavy (non-hydrogen) atoms. The highest BCUT2D eigenvalue weighted by Crippen LogP contribution is 2.25. The summed E-state index contributed by atoms with van der Waals surface area (Å²) in [4.78, 5) is 28.1. The number of nitrogens with one attached hydrogen (secondary N) is 1. The van der Waals surface area contributed by atoms with Gasteiger partial charge in [0.05, 0.1) is 10.6 Å². The van der Waals surface area contributed by atoms with Crippen molar-refractivity contribution in [3.63, 3.8) is 0 Å². The number of carbonyl (C=O) groups is 2. The predicted octanol–water partition coefficient (Wildman–Crippen LogP) is 4.66. The lowest BCUT2D eigenvalue weighted by atomic mass is 10.1. The molecule has 0 saturated heterocycles. The Bertz CT molecular complexity index is 1330. The number of halogens is 1. The Morgan fingerprint density at radius 2 is 1.53 bits per heavy atom. The highest BCUT2D eigenvalue weighted by Gasteiger charge is 2.32. The third-order valence-corrected chi connectivity index (χ3v) is 8.15. The zero-order valence-corrected chi connectivity index (χ0v) is 22.9. The van der Waals surface area contributed by atoms with Crippen LogP contribution in [0.2, 0.25) is 0 Å². The van der Waals surface area contributed by atoms with E-state index in [0.717, 1.165) is 34.0 Å². The van der Waals surface area contributed by atoms with Crippen LogP contribution in [0.4, 0.5) is 10.1 Å². The highest BCUT2D eigenvalue weighted by molar-refractivity contribution is 7.92. The topological polar surface area (TPSA) is 86.8 Å². The molecule has 3 aromatic carbocycles. The number of hydrogen-bond donors (Lipinski definition) is 1. The number of hydrogen-bond acceptors (Lipinski definition) is 4. The summed E-state index contributed by atoms with van der Waals surface area (Å²) in [5.74, 6) is -1.45. The molecule has 0 spiro atoms. The molecule has 0 heterocycles.